The molecule has 3 rings (SSSR count). The van der Waals surface area contributed by atoms with Gasteiger partial charge in [0, 0.05) is 24.4 Å². The summed E-state index contributed by atoms with van der Waals surface area (Å²) in [7, 11) is 0. The zero-order chi connectivity index (χ0) is 22.4. The highest BCUT2D eigenvalue weighted by molar-refractivity contribution is 6.02. The van der Waals surface area contributed by atoms with E-state index < -0.39 is 5.97 Å². The average molecular weight is 424 g/mol. The van der Waals surface area contributed by atoms with Crippen molar-refractivity contribution in [3.63, 3.8) is 0 Å². The zero-order valence-corrected chi connectivity index (χ0v) is 19.0. The van der Waals surface area contributed by atoms with E-state index in [9.17, 15) is 9.59 Å². The summed E-state index contributed by atoms with van der Waals surface area (Å²) in [6, 6.07) is 9.73. The van der Waals surface area contributed by atoms with Crippen LogP contribution in [-0.2, 0) is 9.53 Å². The average Bonchev–Trinajstić information content (AvgIpc) is 3.17. The van der Waals surface area contributed by atoms with Gasteiger partial charge in [-0.05, 0) is 64.0 Å². The molecule has 0 atom stereocenters. The maximum absolute atomic E-state index is 13.5. The van der Waals surface area contributed by atoms with Crippen molar-refractivity contribution in [2.75, 3.05) is 11.5 Å². The number of amides is 1. The number of carbonyl (C=O) groups is 2. The van der Waals surface area contributed by atoms with Crippen LogP contribution in [0.4, 0.5) is 5.82 Å². The highest BCUT2D eigenvalue weighted by Gasteiger charge is 2.34. The molecule has 1 amide bonds. The summed E-state index contributed by atoms with van der Waals surface area (Å²) in [6.07, 6.45) is 9.21. The van der Waals surface area contributed by atoms with Crippen molar-refractivity contribution >= 4 is 30.0 Å². The number of hydrogen-bond donors (Lipinski definition) is 0. The quantitative estimate of drug-likeness (QED) is 0.570. The van der Waals surface area contributed by atoms with Crippen molar-refractivity contribution in [1.29, 1.82) is 0 Å². The van der Waals surface area contributed by atoms with Crippen LogP contribution < -0.4 is 4.90 Å². The molecule has 1 aromatic heterocycles. The van der Waals surface area contributed by atoms with E-state index in [1.165, 1.54) is 0 Å². The summed E-state index contributed by atoms with van der Waals surface area (Å²) in [5.41, 5.74) is 1.33. The number of nitrogens with zero attached hydrogens (tertiary/aromatic N) is 3. The molecule has 0 aliphatic heterocycles. The Morgan fingerprint density at radius 3 is 2.48 bits per heavy atom. The van der Waals surface area contributed by atoms with E-state index in [0.29, 0.717) is 17.3 Å². The summed E-state index contributed by atoms with van der Waals surface area (Å²) < 4.78 is 6.84. The summed E-state index contributed by atoms with van der Waals surface area (Å²) >= 11 is 0. The number of benzene rings is 1. The van der Waals surface area contributed by atoms with Crippen LogP contribution in [0.1, 0.15) is 69.3 Å². The van der Waals surface area contributed by atoms with Crippen molar-refractivity contribution in [2.24, 2.45) is 11.8 Å². The topological polar surface area (TPSA) is 64.4 Å². The Kier molecular flexibility index (Phi) is 7.66. The molecule has 1 aliphatic rings. The Hall–Kier alpha value is -2.89. The molecule has 0 N–H and O–H groups in total. The molecule has 0 spiro atoms. The Labute approximate surface area is 184 Å². The third-order valence-electron chi connectivity index (χ3n) is 5.77. The van der Waals surface area contributed by atoms with Crippen LogP contribution in [0.5, 0.6) is 0 Å². The standard InChI is InChI=1S/C25H33N3O3/c1-5-31-25(30)22-17-27(16-15-20-9-7-6-8-10-20)26-23(22)28(18(2)3)24(29)21-13-11-19(4)12-14-21/h6-10,15-19,21H,5,11-14H2,1-4H3/b16-15+/t19-,21-. The molecule has 1 heterocycles. The second-order valence-corrected chi connectivity index (χ2v) is 8.55. The molecule has 0 bridgehead atoms. The van der Waals surface area contributed by atoms with Crippen LogP contribution in [-0.4, -0.2) is 34.3 Å². The van der Waals surface area contributed by atoms with Gasteiger partial charge in [0.05, 0.1) is 6.61 Å². The molecular formula is C25H33N3O3. The number of aromatic nitrogens is 2. The van der Waals surface area contributed by atoms with Gasteiger partial charge in [-0.2, -0.15) is 0 Å². The molecule has 0 radical (unpaired) electrons. The van der Waals surface area contributed by atoms with Gasteiger partial charge >= 0.3 is 5.97 Å². The third-order valence-corrected chi connectivity index (χ3v) is 5.77. The van der Waals surface area contributed by atoms with Gasteiger partial charge in [-0.1, -0.05) is 37.3 Å². The minimum absolute atomic E-state index is 0.0290. The van der Waals surface area contributed by atoms with Crippen molar-refractivity contribution < 1.29 is 14.3 Å². The molecule has 1 fully saturated rings. The Morgan fingerprint density at radius 2 is 1.87 bits per heavy atom. The summed E-state index contributed by atoms with van der Waals surface area (Å²) in [4.78, 5) is 27.8. The minimum atomic E-state index is -0.465. The third kappa shape index (κ3) is 5.63. The first-order valence-corrected chi connectivity index (χ1v) is 11.2. The number of anilines is 1. The predicted octanol–water partition coefficient (Wildman–Crippen LogP) is 5.26. The molecule has 1 aromatic carbocycles. The van der Waals surface area contributed by atoms with Crippen molar-refractivity contribution in [1.82, 2.24) is 9.78 Å². The summed E-state index contributed by atoms with van der Waals surface area (Å²) in [6.45, 7) is 8.18. The molecule has 6 heteroatoms. The Balaban J connectivity index is 1.94. The highest BCUT2D eigenvalue weighted by Crippen LogP contribution is 2.32. The van der Waals surface area contributed by atoms with Crippen LogP contribution in [0.3, 0.4) is 0 Å². The lowest BCUT2D eigenvalue weighted by atomic mass is 9.82. The number of hydrogen-bond acceptors (Lipinski definition) is 4. The fraction of sp³-hybridized carbons (Fsp3) is 0.480. The van der Waals surface area contributed by atoms with E-state index in [-0.39, 0.29) is 24.5 Å². The van der Waals surface area contributed by atoms with Gasteiger partial charge < -0.3 is 4.74 Å². The maximum atomic E-state index is 13.5. The lowest BCUT2D eigenvalue weighted by molar-refractivity contribution is -0.123. The summed E-state index contributed by atoms with van der Waals surface area (Å²) in [5, 5.41) is 4.62. The molecule has 2 aromatic rings. The normalized spacial score (nSPS) is 19.0. The minimum Gasteiger partial charge on any atom is -0.462 e. The highest BCUT2D eigenvalue weighted by atomic mass is 16.5. The molecule has 1 aliphatic carbocycles. The van der Waals surface area contributed by atoms with Gasteiger partial charge in [-0.3, -0.25) is 9.69 Å². The second kappa shape index (κ2) is 10.4. The first-order chi connectivity index (χ1) is 14.9. The SMILES string of the molecule is CCOC(=O)c1cn(/C=C/c2ccccc2)nc1N(C(=O)[C@H]1CC[C@H](C)CC1)C(C)C. The fourth-order valence-electron chi connectivity index (χ4n) is 4.02. The predicted molar refractivity (Wildman–Crippen MR) is 124 cm³/mol. The molecule has 31 heavy (non-hydrogen) atoms. The molecule has 0 unspecified atom stereocenters. The van der Waals surface area contributed by atoms with Gasteiger partial charge in [-0.15, -0.1) is 5.10 Å². The van der Waals surface area contributed by atoms with E-state index in [4.69, 9.17) is 4.74 Å². The molecular weight excluding hydrogens is 390 g/mol. The monoisotopic (exact) mass is 423 g/mol. The van der Waals surface area contributed by atoms with Crippen LogP contribution in [0.15, 0.2) is 36.5 Å². The zero-order valence-electron chi connectivity index (χ0n) is 19.0. The van der Waals surface area contributed by atoms with Crippen molar-refractivity contribution in [3.8, 4) is 0 Å². The Bertz CT molecular complexity index is 909. The lowest BCUT2D eigenvalue weighted by Crippen LogP contribution is -2.43. The van der Waals surface area contributed by atoms with Crippen molar-refractivity contribution in [2.45, 2.75) is 59.4 Å². The van der Waals surface area contributed by atoms with E-state index >= 15 is 0 Å². The maximum Gasteiger partial charge on any atom is 0.343 e. The Morgan fingerprint density at radius 1 is 1.19 bits per heavy atom. The molecule has 1 saturated carbocycles. The van der Waals surface area contributed by atoms with Gasteiger partial charge in [0.15, 0.2) is 5.82 Å². The largest absolute Gasteiger partial charge is 0.462 e. The molecule has 166 valence electrons. The van der Waals surface area contributed by atoms with E-state index in [0.717, 1.165) is 31.2 Å². The molecule has 0 saturated heterocycles. The van der Waals surface area contributed by atoms with Gasteiger partial charge in [-0.25, -0.2) is 9.48 Å². The van der Waals surface area contributed by atoms with E-state index in [1.807, 2.05) is 50.3 Å². The van der Waals surface area contributed by atoms with Crippen LogP contribution in [0, 0.1) is 11.8 Å². The first kappa shape index (κ1) is 22.8. The first-order valence-electron chi connectivity index (χ1n) is 11.2. The van der Waals surface area contributed by atoms with Gasteiger partial charge in [0.2, 0.25) is 5.91 Å². The van der Waals surface area contributed by atoms with Crippen molar-refractivity contribution in [3.05, 3.63) is 47.7 Å². The number of carbonyl (C=O) groups excluding carboxylic acids is 2. The second-order valence-electron chi connectivity index (χ2n) is 8.55. The smallest absolute Gasteiger partial charge is 0.343 e. The fourth-order valence-corrected chi connectivity index (χ4v) is 4.02. The van der Waals surface area contributed by atoms with Crippen LogP contribution in [0.2, 0.25) is 0 Å². The van der Waals surface area contributed by atoms with Crippen LogP contribution in [0.25, 0.3) is 12.3 Å². The van der Waals surface area contributed by atoms with Gasteiger partial charge in [0.25, 0.3) is 0 Å². The van der Waals surface area contributed by atoms with Crippen LogP contribution >= 0.6 is 0 Å². The lowest BCUT2D eigenvalue weighted by Gasteiger charge is -2.32. The van der Waals surface area contributed by atoms with E-state index in [1.54, 1.807) is 28.9 Å². The number of rotatable bonds is 7. The summed E-state index contributed by atoms with van der Waals surface area (Å²) in [5.74, 6) is 0.583. The molecule has 6 nitrogen and oxygen atoms in total. The van der Waals surface area contributed by atoms with Gasteiger partial charge in [0.1, 0.15) is 5.56 Å². The van der Waals surface area contributed by atoms with E-state index in [2.05, 4.69) is 12.0 Å². The number of ether oxygens (including phenoxy) is 1. The number of esters is 1.